The molecule has 5 heteroatoms. The topological polar surface area (TPSA) is 98.0 Å². The van der Waals surface area contributed by atoms with Crippen molar-refractivity contribution >= 4 is 5.97 Å². The number of benzene rings is 1. The number of unbranched alkanes of at least 4 members (excludes halogenated alkanes) is 1. The molecule has 156 valence electrons. The molecule has 1 aliphatic carbocycles. The molecule has 4 N–H and O–H groups in total. The summed E-state index contributed by atoms with van der Waals surface area (Å²) in [7, 11) is 0. The Morgan fingerprint density at radius 2 is 1.79 bits per heavy atom. The van der Waals surface area contributed by atoms with Crippen molar-refractivity contribution in [2.75, 3.05) is 0 Å². The van der Waals surface area contributed by atoms with E-state index in [-0.39, 0.29) is 18.3 Å². The molecule has 5 nitrogen and oxygen atoms in total. The van der Waals surface area contributed by atoms with Gasteiger partial charge in [-0.1, -0.05) is 42.5 Å². The number of hydrogen-bond acceptors (Lipinski definition) is 4. The monoisotopic (exact) mass is 390 g/mol. The number of aliphatic hydroxyl groups is 3. The fourth-order valence-corrected chi connectivity index (χ4v) is 4.16. The van der Waals surface area contributed by atoms with Crippen LogP contribution >= 0.6 is 0 Å². The third-order valence-corrected chi connectivity index (χ3v) is 5.80. The molecule has 5 atom stereocenters. The summed E-state index contributed by atoms with van der Waals surface area (Å²) in [6, 6.07) is 10.1. The maximum Gasteiger partial charge on any atom is 0.303 e. The van der Waals surface area contributed by atoms with Crippen molar-refractivity contribution in [1.82, 2.24) is 0 Å². The number of hydrogen-bond donors (Lipinski definition) is 4. The lowest BCUT2D eigenvalue weighted by molar-refractivity contribution is -0.137. The van der Waals surface area contributed by atoms with Gasteiger partial charge in [-0.25, -0.2) is 0 Å². The minimum atomic E-state index is -0.784. The third kappa shape index (κ3) is 7.74. The van der Waals surface area contributed by atoms with Crippen LogP contribution in [-0.2, 0) is 11.2 Å². The van der Waals surface area contributed by atoms with Crippen LogP contribution in [0.15, 0.2) is 42.5 Å². The summed E-state index contributed by atoms with van der Waals surface area (Å²) in [5.74, 6) is -0.800. The quantitative estimate of drug-likeness (QED) is 0.324. The summed E-state index contributed by atoms with van der Waals surface area (Å²) < 4.78 is 0. The molecule has 0 radical (unpaired) electrons. The first-order valence-electron chi connectivity index (χ1n) is 10.4. The number of carboxylic acids is 1. The maximum atomic E-state index is 10.5. The second-order valence-corrected chi connectivity index (χ2v) is 7.95. The van der Waals surface area contributed by atoms with Crippen LogP contribution in [0.25, 0.3) is 0 Å². The minimum absolute atomic E-state index is 0.00736. The summed E-state index contributed by atoms with van der Waals surface area (Å²) in [5.41, 5.74) is 1.21. The van der Waals surface area contributed by atoms with Crippen LogP contribution in [-0.4, -0.2) is 44.7 Å². The van der Waals surface area contributed by atoms with Gasteiger partial charge in [0.05, 0.1) is 18.3 Å². The smallest absolute Gasteiger partial charge is 0.303 e. The number of aliphatic carboxylic acids is 1. The first kappa shape index (κ1) is 22.6. The molecule has 0 aromatic heterocycles. The van der Waals surface area contributed by atoms with Gasteiger partial charge in [0, 0.05) is 6.42 Å². The Morgan fingerprint density at radius 1 is 1.07 bits per heavy atom. The van der Waals surface area contributed by atoms with Crippen LogP contribution in [0.3, 0.4) is 0 Å². The zero-order valence-corrected chi connectivity index (χ0v) is 16.5. The summed E-state index contributed by atoms with van der Waals surface area (Å²) in [6.07, 6.45) is 7.91. The van der Waals surface area contributed by atoms with E-state index in [0.717, 1.165) is 6.42 Å². The lowest BCUT2D eigenvalue weighted by Gasteiger charge is -2.23. The zero-order valence-electron chi connectivity index (χ0n) is 16.5. The van der Waals surface area contributed by atoms with Crippen molar-refractivity contribution in [2.45, 2.75) is 76.1 Å². The van der Waals surface area contributed by atoms with Gasteiger partial charge < -0.3 is 20.4 Å². The predicted molar refractivity (Wildman–Crippen MR) is 109 cm³/mol. The van der Waals surface area contributed by atoms with Gasteiger partial charge in [0.1, 0.15) is 0 Å². The van der Waals surface area contributed by atoms with Crippen LogP contribution in [0.4, 0.5) is 0 Å². The predicted octanol–water partition coefficient (Wildman–Crippen LogP) is 3.32. The Bertz CT molecular complexity index is 600. The SMILES string of the molecule is O=C(O)CCC/C=C\C[C@@H]1[C@@H](CC[C@@H](O)CCc2ccccc2)[C@H](O)C[C@H]1O. The van der Waals surface area contributed by atoms with Crippen molar-refractivity contribution in [1.29, 1.82) is 0 Å². The van der Waals surface area contributed by atoms with Crippen LogP contribution in [0, 0.1) is 11.8 Å². The molecule has 0 amide bonds. The van der Waals surface area contributed by atoms with Gasteiger partial charge in [-0.3, -0.25) is 4.79 Å². The van der Waals surface area contributed by atoms with Crippen molar-refractivity contribution in [3.05, 3.63) is 48.0 Å². The van der Waals surface area contributed by atoms with Crippen LogP contribution < -0.4 is 0 Å². The number of carbonyl (C=O) groups is 1. The number of allylic oxidation sites excluding steroid dienone is 2. The number of aliphatic hydroxyl groups excluding tert-OH is 3. The summed E-state index contributed by atoms with van der Waals surface area (Å²) in [5, 5.41) is 39.6. The Balaban J connectivity index is 1.74. The lowest BCUT2D eigenvalue weighted by Crippen LogP contribution is -2.23. The van der Waals surface area contributed by atoms with Crippen molar-refractivity contribution < 1.29 is 25.2 Å². The molecular weight excluding hydrogens is 356 g/mol. The largest absolute Gasteiger partial charge is 0.481 e. The van der Waals surface area contributed by atoms with E-state index in [1.165, 1.54) is 5.56 Å². The Morgan fingerprint density at radius 3 is 2.50 bits per heavy atom. The molecule has 1 fully saturated rings. The first-order chi connectivity index (χ1) is 13.5. The molecular formula is C23H34O5. The molecule has 2 rings (SSSR count). The molecule has 0 aliphatic heterocycles. The molecule has 0 unspecified atom stereocenters. The average molecular weight is 391 g/mol. The lowest BCUT2D eigenvalue weighted by atomic mass is 9.85. The Hall–Kier alpha value is -1.69. The second kappa shape index (κ2) is 12.0. The zero-order chi connectivity index (χ0) is 20.4. The third-order valence-electron chi connectivity index (χ3n) is 5.80. The van der Waals surface area contributed by atoms with E-state index in [1.807, 2.05) is 30.4 Å². The van der Waals surface area contributed by atoms with Gasteiger partial charge in [0.25, 0.3) is 0 Å². The van der Waals surface area contributed by atoms with E-state index in [4.69, 9.17) is 5.11 Å². The highest BCUT2D eigenvalue weighted by Gasteiger charge is 2.40. The van der Waals surface area contributed by atoms with Gasteiger partial charge in [0.15, 0.2) is 0 Å². The minimum Gasteiger partial charge on any atom is -0.481 e. The normalized spacial score (nSPS) is 26.0. The first-order valence-corrected chi connectivity index (χ1v) is 10.4. The summed E-state index contributed by atoms with van der Waals surface area (Å²) in [6.45, 7) is 0. The molecule has 28 heavy (non-hydrogen) atoms. The van der Waals surface area contributed by atoms with Crippen LogP contribution in [0.1, 0.15) is 56.9 Å². The molecule has 0 spiro atoms. The Kier molecular flexibility index (Phi) is 9.68. The van der Waals surface area contributed by atoms with Crippen LogP contribution in [0.2, 0.25) is 0 Å². The fraction of sp³-hybridized carbons (Fsp3) is 0.609. The number of aryl methyl sites for hydroxylation is 1. The number of rotatable bonds is 12. The average Bonchev–Trinajstić information content (AvgIpc) is 2.94. The van der Waals surface area contributed by atoms with E-state index >= 15 is 0 Å². The van der Waals surface area contributed by atoms with Crippen molar-refractivity contribution in [3.63, 3.8) is 0 Å². The van der Waals surface area contributed by atoms with Crippen LogP contribution in [0.5, 0.6) is 0 Å². The van der Waals surface area contributed by atoms with E-state index in [1.54, 1.807) is 0 Å². The Labute approximate surface area is 167 Å². The highest BCUT2D eigenvalue weighted by molar-refractivity contribution is 5.66. The highest BCUT2D eigenvalue weighted by atomic mass is 16.4. The number of carboxylic acid groups (broad SMARTS) is 1. The molecule has 1 aromatic rings. The second-order valence-electron chi connectivity index (χ2n) is 7.95. The van der Waals surface area contributed by atoms with Gasteiger partial charge in [-0.05, 0) is 68.8 Å². The molecule has 1 aliphatic rings. The fourth-order valence-electron chi connectivity index (χ4n) is 4.16. The van der Waals surface area contributed by atoms with Gasteiger partial charge in [-0.2, -0.15) is 0 Å². The van der Waals surface area contributed by atoms with Crippen molar-refractivity contribution in [3.8, 4) is 0 Å². The highest BCUT2D eigenvalue weighted by Crippen LogP contribution is 2.38. The van der Waals surface area contributed by atoms with Gasteiger partial charge in [-0.15, -0.1) is 0 Å². The standard InChI is InChI=1S/C23H34O5/c24-18(13-12-17-8-4-3-5-9-17)14-15-20-19(21(25)16-22(20)26)10-6-1-2-7-11-23(27)28/h1,3-6,8-9,18-22,24-26H,2,7,10-16H2,(H,27,28)/b6-1-/t18-,19+,20+,21+,22+/m0/s1. The molecule has 1 aromatic carbocycles. The molecule has 0 saturated heterocycles. The van der Waals surface area contributed by atoms with Crippen molar-refractivity contribution in [2.24, 2.45) is 11.8 Å². The van der Waals surface area contributed by atoms with E-state index in [2.05, 4.69) is 12.1 Å². The van der Waals surface area contributed by atoms with E-state index < -0.39 is 24.3 Å². The van der Waals surface area contributed by atoms with E-state index in [9.17, 15) is 20.1 Å². The molecule has 0 bridgehead atoms. The summed E-state index contributed by atoms with van der Waals surface area (Å²) >= 11 is 0. The van der Waals surface area contributed by atoms with E-state index in [0.29, 0.717) is 44.9 Å². The van der Waals surface area contributed by atoms with Gasteiger partial charge >= 0.3 is 5.97 Å². The maximum absolute atomic E-state index is 10.5. The molecule has 1 saturated carbocycles. The van der Waals surface area contributed by atoms with Gasteiger partial charge in [0.2, 0.25) is 0 Å². The summed E-state index contributed by atoms with van der Waals surface area (Å²) in [4.78, 5) is 10.5. The molecule has 0 heterocycles.